The standard InChI is InChI=1S/C22H35N3O2/c1-7-24(8-2)18-9-10-19(16(3)15-18)23-20(26)17-11-13-25(14-12-17)21(27)22(4,5)6/h9-10,15,17H,7-8,11-14H2,1-6H3,(H,23,26). The Labute approximate surface area is 164 Å². The van der Waals surface area contributed by atoms with Crippen LogP contribution in [0.5, 0.6) is 0 Å². The number of hydrogen-bond donors (Lipinski definition) is 1. The minimum atomic E-state index is -0.362. The number of likely N-dealkylation sites (tertiary alicyclic amines) is 1. The third-order valence-corrected chi connectivity index (χ3v) is 5.39. The van der Waals surface area contributed by atoms with Crippen LogP contribution in [0.1, 0.15) is 53.0 Å². The number of rotatable bonds is 5. The van der Waals surface area contributed by atoms with Gasteiger partial charge in [-0.3, -0.25) is 9.59 Å². The number of piperidine rings is 1. The number of carbonyl (C=O) groups is 2. The van der Waals surface area contributed by atoms with Gasteiger partial charge in [0.2, 0.25) is 11.8 Å². The Bertz CT molecular complexity index is 667. The lowest BCUT2D eigenvalue weighted by atomic mass is 9.90. The quantitative estimate of drug-likeness (QED) is 0.847. The molecule has 1 aliphatic heterocycles. The zero-order chi connectivity index (χ0) is 20.2. The van der Waals surface area contributed by atoms with Crippen LogP contribution < -0.4 is 10.2 Å². The monoisotopic (exact) mass is 373 g/mol. The van der Waals surface area contributed by atoms with Gasteiger partial charge in [0.05, 0.1) is 0 Å². The van der Waals surface area contributed by atoms with E-state index in [1.807, 2.05) is 38.7 Å². The molecule has 1 saturated heterocycles. The fourth-order valence-electron chi connectivity index (χ4n) is 3.63. The minimum absolute atomic E-state index is 0.0316. The lowest BCUT2D eigenvalue weighted by molar-refractivity contribution is -0.142. The predicted molar refractivity (Wildman–Crippen MR) is 112 cm³/mol. The van der Waals surface area contributed by atoms with E-state index in [0.29, 0.717) is 13.1 Å². The van der Waals surface area contributed by atoms with Crippen LogP contribution in [0.15, 0.2) is 18.2 Å². The van der Waals surface area contributed by atoms with Gasteiger partial charge in [-0.1, -0.05) is 20.8 Å². The van der Waals surface area contributed by atoms with Crippen molar-refractivity contribution in [3.8, 4) is 0 Å². The highest BCUT2D eigenvalue weighted by atomic mass is 16.2. The summed E-state index contributed by atoms with van der Waals surface area (Å²) < 4.78 is 0. The van der Waals surface area contributed by atoms with E-state index in [1.165, 1.54) is 5.69 Å². The fraction of sp³-hybridized carbons (Fsp3) is 0.636. The molecule has 1 aromatic carbocycles. The highest BCUT2D eigenvalue weighted by Crippen LogP contribution is 2.26. The Morgan fingerprint density at radius 1 is 1.15 bits per heavy atom. The van der Waals surface area contributed by atoms with Gasteiger partial charge in [0, 0.05) is 48.9 Å². The predicted octanol–water partition coefficient (Wildman–Crippen LogP) is 4.06. The maximum atomic E-state index is 12.7. The van der Waals surface area contributed by atoms with Crippen LogP contribution in [0.25, 0.3) is 0 Å². The number of hydrogen-bond acceptors (Lipinski definition) is 3. The van der Waals surface area contributed by atoms with E-state index in [2.05, 4.69) is 36.2 Å². The summed E-state index contributed by atoms with van der Waals surface area (Å²) in [4.78, 5) is 29.3. The van der Waals surface area contributed by atoms with Crippen LogP contribution in [-0.2, 0) is 9.59 Å². The lowest BCUT2D eigenvalue weighted by Gasteiger charge is -2.35. The second-order valence-electron chi connectivity index (χ2n) is 8.48. The van der Waals surface area contributed by atoms with Gasteiger partial charge in [0.15, 0.2) is 0 Å². The van der Waals surface area contributed by atoms with E-state index in [1.54, 1.807) is 0 Å². The van der Waals surface area contributed by atoms with Gasteiger partial charge >= 0.3 is 0 Å². The minimum Gasteiger partial charge on any atom is -0.372 e. The van der Waals surface area contributed by atoms with Crippen LogP contribution in [0, 0.1) is 18.3 Å². The van der Waals surface area contributed by atoms with E-state index in [9.17, 15) is 9.59 Å². The zero-order valence-corrected chi connectivity index (χ0v) is 17.8. The van der Waals surface area contributed by atoms with Crippen LogP contribution in [0.2, 0.25) is 0 Å². The molecule has 1 fully saturated rings. The number of nitrogens with one attached hydrogen (secondary N) is 1. The normalized spacial score (nSPS) is 15.6. The maximum Gasteiger partial charge on any atom is 0.227 e. The molecule has 1 heterocycles. The molecule has 27 heavy (non-hydrogen) atoms. The van der Waals surface area contributed by atoms with Crippen LogP contribution in [-0.4, -0.2) is 42.9 Å². The summed E-state index contributed by atoms with van der Waals surface area (Å²) in [7, 11) is 0. The Hall–Kier alpha value is -2.04. The van der Waals surface area contributed by atoms with Crippen molar-refractivity contribution in [1.82, 2.24) is 4.90 Å². The first-order chi connectivity index (χ1) is 12.7. The first-order valence-electron chi connectivity index (χ1n) is 10.1. The van der Waals surface area contributed by atoms with Gasteiger partial charge in [0.25, 0.3) is 0 Å². The van der Waals surface area contributed by atoms with Crippen molar-refractivity contribution >= 4 is 23.2 Å². The van der Waals surface area contributed by atoms with E-state index in [-0.39, 0.29) is 23.1 Å². The van der Waals surface area contributed by atoms with E-state index in [0.717, 1.165) is 37.2 Å². The largest absolute Gasteiger partial charge is 0.372 e. The average Bonchev–Trinajstić information content (AvgIpc) is 2.63. The van der Waals surface area contributed by atoms with Gasteiger partial charge in [0.1, 0.15) is 0 Å². The topological polar surface area (TPSA) is 52.7 Å². The summed E-state index contributed by atoms with van der Waals surface area (Å²) in [5, 5.41) is 3.10. The fourth-order valence-corrected chi connectivity index (χ4v) is 3.63. The summed E-state index contributed by atoms with van der Waals surface area (Å²) in [6, 6.07) is 6.20. The molecule has 2 rings (SSSR count). The molecule has 1 aromatic rings. The molecule has 0 radical (unpaired) electrons. The van der Waals surface area contributed by atoms with Crippen molar-refractivity contribution in [2.75, 3.05) is 36.4 Å². The first kappa shape index (κ1) is 21.3. The van der Waals surface area contributed by atoms with Crippen molar-refractivity contribution in [3.63, 3.8) is 0 Å². The molecule has 5 heteroatoms. The zero-order valence-electron chi connectivity index (χ0n) is 17.8. The van der Waals surface area contributed by atoms with Gasteiger partial charge in [-0.25, -0.2) is 0 Å². The summed E-state index contributed by atoms with van der Waals surface area (Å²) in [5.41, 5.74) is 2.78. The smallest absolute Gasteiger partial charge is 0.227 e. The van der Waals surface area contributed by atoms with Gasteiger partial charge in [-0.05, 0) is 57.4 Å². The molecule has 150 valence electrons. The summed E-state index contributed by atoms with van der Waals surface area (Å²) in [6.07, 6.45) is 1.45. The van der Waals surface area contributed by atoms with Crippen LogP contribution in [0.3, 0.4) is 0 Å². The molecule has 0 aromatic heterocycles. The molecule has 0 saturated carbocycles. The Morgan fingerprint density at radius 3 is 2.22 bits per heavy atom. The maximum absolute atomic E-state index is 12.7. The second kappa shape index (κ2) is 8.77. The lowest BCUT2D eigenvalue weighted by Crippen LogP contribution is -2.45. The number of carbonyl (C=O) groups excluding carboxylic acids is 2. The highest BCUT2D eigenvalue weighted by molar-refractivity contribution is 5.93. The Morgan fingerprint density at radius 2 is 1.74 bits per heavy atom. The van der Waals surface area contributed by atoms with Crippen molar-refractivity contribution in [3.05, 3.63) is 23.8 Å². The number of anilines is 2. The summed E-state index contributed by atoms with van der Waals surface area (Å²) in [5.74, 6) is 0.205. The summed E-state index contributed by atoms with van der Waals surface area (Å²) in [6.45, 7) is 15.4. The van der Waals surface area contributed by atoms with E-state index >= 15 is 0 Å². The number of amides is 2. The highest BCUT2D eigenvalue weighted by Gasteiger charge is 2.32. The van der Waals surface area contributed by atoms with Crippen molar-refractivity contribution in [2.45, 2.75) is 54.4 Å². The number of nitrogens with zero attached hydrogens (tertiary/aromatic N) is 2. The van der Waals surface area contributed by atoms with Crippen molar-refractivity contribution in [1.29, 1.82) is 0 Å². The third-order valence-electron chi connectivity index (χ3n) is 5.39. The Kier molecular flexibility index (Phi) is 6.90. The van der Waals surface area contributed by atoms with Crippen LogP contribution >= 0.6 is 0 Å². The van der Waals surface area contributed by atoms with Gasteiger partial charge in [-0.2, -0.15) is 0 Å². The molecular weight excluding hydrogens is 338 g/mol. The van der Waals surface area contributed by atoms with Gasteiger partial charge in [-0.15, -0.1) is 0 Å². The van der Waals surface area contributed by atoms with E-state index in [4.69, 9.17) is 0 Å². The molecular formula is C22H35N3O2. The SMILES string of the molecule is CCN(CC)c1ccc(NC(=O)C2CCN(C(=O)C(C)(C)C)CC2)c(C)c1. The molecule has 0 bridgehead atoms. The second-order valence-corrected chi connectivity index (χ2v) is 8.48. The van der Waals surface area contributed by atoms with Crippen LogP contribution in [0.4, 0.5) is 11.4 Å². The Balaban J connectivity index is 1.96. The number of aryl methyl sites for hydroxylation is 1. The van der Waals surface area contributed by atoms with Crippen molar-refractivity contribution < 1.29 is 9.59 Å². The average molecular weight is 374 g/mol. The number of benzene rings is 1. The third kappa shape index (κ3) is 5.24. The molecule has 1 N–H and O–H groups in total. The molecule has 2 amide bonds. The molecule has 0 aliphatic carbocycles. The summed E-state index contributed by atoms with van der Waals surface area (Å²) >= 11 is 0. The molecule has 0 unspecified atom stereocenters. The molecule has 1 aliphatic rings. The molecule has 0 atom stereocenters. The van der Waals surface area contributed by atoms with Gasteiger partial charge < -0.3 is 15.1 Å². The molecule has 0 spiro atoms. The molecule has 5 nitrogen and oxygen atoms in total. The first-order valence-corrected chi connectivity index (χ1v) is 10.1. The van der Waals surface area contributed by atoms with Crippen molar-refractivity contribution in [2.24, 2.45) is 11.3 Å². The van der Waals surface area contributed by atoms with E-state index < -0.39 is 0 Å².